The number of methoxy groups -OCH3 is 1. The Hall–Kier alpha value is -2.73. The molecule has 0 aromatic heterocycles. The summed E-state index contributed by atoms with van der Waals surface area (Å²) in [5, 5.41) is 9.31. The van der Waals surface area contributed by atoms with Crippen LogP contribution < -0.4 is 9.47 Å². The molecule has 0 spiro atoms. The fourth-order valence-electron chi connectivity index (χ4n) is 4.06. The molecule has 2 aromatic rings. The van der Waals surface area contributed by atoms with Crippen molar-refractivity contribution in [3.8, 4) is 11.5 Å². The highest BCUT2D eigenvalue weighted by Crippen LogP contribution is 2.37. The molecule has 0 bridgehead atoms. The molecule has 1 saturated heterocycles. The van der Waals surface area contributed by atoms with Crippen molar-refractivity contribution in [2.75, 3.05) is 26.8 Å². The number of aryl methyl sites for hydroxylation is 1. The molecule has 6 nitrogen and oxygen atoms in total. The molecule has 1 N–H and O–H groups in total. The van der Waals surface area contributed by atoms with Crippen molar-refractivity contribution in [3.63, 3.8) is 0 Å². The highest BCUT2D eigenvalue weighted by Gasteiger charge is 2.35. The normalized spacial score (nSPS) is 19.2. The van der Waals surface area contributed by atoms with Crippen LogP contribution in [0.25, 0.3) is 0 Å². The smallest absolute Gasteiger partial charge is 0.412 e. The van der Waals surface area contributed by atoms with Crippen molar-refractivity contribution in [2.45, 2.75) is 45.3 Å². The van der Waals surface area contributed by atoms with Crippen LogP contribution in [0.4, 0.5) is 4.79 Å². The molecule has 168 valence electrons. The molecular weight excluding hydrogens is 394 g/mol. The molecule has 2 aromatic carbocycles. The first-order valence-electron chi connectivity index (χ1n) is 11.0. The van der Waals surface area contributed by atoms with E-state index in [1.165, 1.54) is 12.5 Å². The lowest BCUT2D eigenvalue weighted by Crippen LogP contribution is -2.31. The van der Waals surface area contributed by atoms with E-state index in [9.17, 15) is 9.90 Å². The summed E-state index contributed by atoms with van der Waals surface area (Å²) in [5.41, 5.74) is 2.45. The minimum atomic E-state index is -1.11. The average Bonchev–Trinajstić information content (AvgIpc) is 3.15. The third kappa shape index (κ3) is 6.37. The van der Waals surface area contributed by atoms with Gasteiger partial charge in [0.25, 0.3) is 0 Å². The molecule has 6 heteroatoms. The summed E-state index contributed by atoms with van der Waals surface area (Å²) in [7, 11) is 1.64. The first-order valence-corrected chi connectivity index (χ1v) is 11.0. The Labute approximate surface area is 184 Å². The van der Waals surface area contributed by atoms with E-state index >= 15 is 0 Å². The van der Waals surface area contributed by atoms with Crippen molar-refractivity contribution < 1.29 is 24.1 Å². The third-order valence-corrected chi connectivity index (χ3v) is 5.72. The molecule has 1 heterocycles. The van der Waals surface area contributed by atoms with Crippen LogP contribution in [0, 0.1) is 5.92 Å². The Morgan fingerprint density at radius 2 is 1.90 bits per heavy atom. The number of carbonyl (C=O) groups excluding carboxylic acids is 1. The lowest BCUT2D eigenvalue weighted by atomic mass is 9.90. The zero-order valence-electron chi connectivity index (χ0n) is 18.6. The number of likely N-dealkylation sites (tertiary alicyclic amines) is 1. The largest absolute Gasteiger partial charge is 0.493 e. The Kier molecular flexibility index (Phi) is 8.18. The van der Waals surface area contributed by atoms with Gasteiger partial charge in [0.15, 0.2) is 17.8 Å². The monoisotopic (exact) mass is 427 g/mol. The maximum Gasteiger partial charge on any atom is 0.412 e. The average molecular weight is 428 g/mol. The van der Waals surface area contributed by atoms with Gasteiger partial charge in [-0.2, -0.15) is 0 Å². The zero-order chi connectivity index (χ0) is 22.2. The van der Waals surface area contributed by atoms with E-state index in [1.807, 2.05) is 24.3 Å². The Morgan fingerprint density at radius 1 is 1.13 bits per heavy atom. The molecule has 1 aliphatic heterocycles. The SMILES string of the molecule is COc1ccc([C@H]2CN(C(=O)O[C@@H](C)O)C[C@H]2C)cc1OCCCCc1ccccc1. The van der Waals surface area contributed by atoms with Crippen molar-refractivity contribution in [1.82, 2.24) is 4.90 Å². The van der Waals surface area contributed by atoms with Crippen LogP contribution in [0.5, 0.6) is 11.5 Å². The van der Waals surface area contributed by atoms with Crippen molar-refractivity contribution in [1.29, 1.82) is 0 Å². The van der Waals surface area contributed by atoms with Gasteiger partial charge in [-0.3, -0.25) is 0 Å². The number of carbonyl (C=O) groups is 1. The van der Waals surface area contributed by atoms with Crippen molar-refractivity contribution in [3.05, 3.63) is 59.7 Å². The molecule has 1 fully saturated rings. The highest BCUT2D eigenvalue weighted by molar-refractivity contribution is 5.68. The Bertz CT molecular complexity index is 839. The van der Waals surface area contributed by atoms with Gasteiger partial charge >= 0.3 is 6.09 Å². The molecule has 0 aliphatic carbocycles. The van der Waals surface area contributed by atoms with Gasteiger partial charge in [0.1, 0.15) is 0 Å². The van der Waals surface area contributed by atoms with E-state index < -0.39 is 12.4 Å². The summed E-state index contributed by atoms with van der Waals surface area (Å²) in [4.78, 5) is 13.8. The van der Waals surface area contributed by atoms with Crippen LogP contribution in [0.3, 0.4) is 0 Å². The Morgan fingerprint density at radius 3 is 2.61 bits per heavy atom. The van der Waals surface area contributed by atoms with Crippen LogP contribution in [0.15, 0.2) is 48.5 Å². The molecule has 31 heavy (non-hydrogen) atoms. The summed E-state index contributed by atoms with van der Waals surface area (Å²) in [5.74, 6) is 1.89. The lowest BCUT2D eigenvalue weighted by molar-refractivity contribution is -0.0491. The predicted octanol–water partition coefficient (Wildman–Crippen LogP) is 4.61. The molecule has 1 amide bonds. The number of aliphatic hydroxyl groups excluding tert-OH is 1. The van der Waals surface area contributed by atoms with Gasteiger partial charge in [0, 0.05) is 19.0 Å². The van der Waals surface area contributed by atoms with Crippen molar-refractivity contribution >= 4 is 6.09 Å². The van der Waals surface area contributed by atoms with E-state index in [4.69, 9.17) is 14.2 Å². The first kappa shape index (κ1) is 22.9. The van der Waals surface area contributed by atoms with Gasteiger partial charge in [-0.1, -0.05) is 43.3 Å². The van der Waals surface area contributed by atoms with Gasteiger partial charge in [0.05, 0.1) is 13.7 Å². The number of nitrogens with zero attached hydrogens (tertiary/aromatic N) is 1. The van der Waals surface area contributed by atoms with Gasteiger partial charge in [0.2, 0.25) is 0 Å². The van der Waals surface area contributed by atoms with E-state index in [-0.39, 0.29) is 11.8 Å². The minimum absolute atomic E-state index is 0.174. The lowest BCUT2D eigenvalue weighted by Gasteiger charge is -2.19. The van der Waals surface area contributed by atoms with Gasteiger partial charge in [-0.05, 0) is 55.4 Å². The summed E-state index contributed by atoms with van der Waals surface area (Å²) in [6.45, 7) is 5.32. The number of hydrogen-bond donors (Lipinski definition) is 1. The quantitative estimate of drug-likeness (QED) is 0.468. The third-order valence-electron chi connectivity index (χ3n) is 5.72. The van der Waals surface area contributed by atoms with Crippen LogP contribution >= 0.6 is 0 Å². The second kappa shape index (κ2) is 11.0. The summed E-state index contributed by atoms with van der Waals surface area (Å²) < 4.78 is 16.5. The summed E-state index contributed by atoms with van der Waals surface area (Å²) in [6, 6.07) is 16.5. The number of amides is 1. The van der Waals surface area contributed by atoms with Crippen LogP contribution in [0.2, 0.25) is 0 Å². The molecule has 3 rings (SSSR count). The fourth-order valence-corrected chi connectivity index (χ4v) is 4.06. The molecule has 0 saturated carbocycles. The Balaban J connectivity index is 1.57. The molecule has 0 radical (unpaired) electrons. The summed E-state index contributed by atoms with van der Waals surface area (Å²) >= 11 is 0. The van der Waals surface area contributed by atoms with Gasteiger partial charge < -0.3 is 24.2 Å². The van der Waals surface area contributed by atoms with Crippen molar-refractivity contribution in [2.24, 2.45) is 5.92 Å². The highest BCUT2D eigenvalue weighted by atomic mass is 16.6. The second-order valence-corrected chi connectivity index (χ2v) is 8.17. The van der Waals surface area contributed by atoms with Crippen LogP contribution in [-0.4, -0.2) is 49.2 Å². The number of ether oxygens (including phenoxy) is 3. The molecule has 1 aliphatic rings. The maximum atomic E-state index is 12.1. The number of aliphatic hydroxyl groups is 1. The minimum Gasteiger partial charge on any atom is -0.493 e. The number of hydrogen-bond acceptors (Lipinski definition) is 5. The molecule has 3 atom stereocenters. The van der Waals surface area contributed by atoms with E-state index in [1.54, 1.807) is 12.0 Å². The first-order chi connectivity index (χ1) is 15.0. The standard InChI is InChI=1S/C25H33NO5/c1-18-16-26(25(28)31-19(2)27)17-22(18)21-12-13-23(29-3)24(15-21)30-14-8-7-11-20-9-5-4-6-10-20/h4-6,9-10,12-13,15,18-19,22,27H,7-8,11,14,16-17H2,1-3H3/t18-,19+,22+/m1/s1. The van der Waals surface area contributed by atoms with Gasteiger partial charge in [-0.25, -0.2) is 4.79 Å². The predicted molar refractivity (Wildman–Crippen MR) is 120 cm³/mol. The number of unbranched alkanes of at least 4 members (excludes halogenated alkanes) is 1. The zero-order valence-corrected chi connectivity index (χ0v) is 18.6. The van der Waals surface area contributed by atoms with Gasteiger partial charge in [-0.15, -0.1) is 0 Å². The van der Waals surface area contributed by atoms with E-state index in [0.717, 1.165) is 30.6 Å². The fraction of sp³-hybridized carbons (Fsp3) is 0.480. The second-order valence-electron chi connectivity index (χ2n) is 8.17. The molecule has 0 unspecified atom stereocenters. The number of rotatable bonds is 9. The maximum absolute atomic E-state index is 12.1. The number of benzene rings is 2. The molecular formula is C25H33NO5. The van der Waals surface area contributed by atoms with Crippen LogP contribution in [0.1, 0.15) is 43.7 Å². The topological polar surface area (TPSA) is 68.2 Å². The summed E-state index contributed by atoms with van der Waals surface area (Å²) in [6.07, 6.45) is 1.48. The van der Waals surface area contributed by atoms with E-state index in [0.29, 0.717) is 25.4 Å². The van der Waals surface area contributed by atoms with Crippen LogP contribution in [-0.2, 0) is 11.2 Å². The van der Waals surface area contributed by atoms with E-state index in [2.05, 4.69) is 31.2 Å².